The van der Waals surface area contributed by atoms with Gasteiger partial charge in [-0.2, -0.15) is 5.26 Å². The number of carbonyl (C=O) groups excluding carboxylic acids is 2. The molecule has 1 unspecified atom stereocenters. The number of halogens is 1. The summed E-state index contributed by atoms with van der Waals surface area (Å²) in [5, 5.41) is 21.2. The molecule has 2 aromatic heterocycles. The summed E-state index contributed by atoms with van der Waals surface area (Å²) >= 11 is 6.12. The average Bonchev–Trinajstić information content (AvgIpc) is 3.43. The minimum absolute atomic E-state index is 0.00908. The Hall–Kier alpha value is -3.84. The van der Waals surface area contributed by atoms with Gasteiger partial charge in [-0.05, 0) is 75.1 Å². The molecule has 38 heavy (non-hydrogen) atoms. The maximum atomic E-state index is 12.8. The Morgan fingerprint density at radius 1 is 1.29 bits per heavy atom. The van der Waals surface area contributed by atoms with Gasteiger partial charge in [-0.3, -0.25) is 19.5 Å². The molecule has 3 aliphatic rings. The van der Waals surface area contributed by atoms with Crippen LogP contribution in [0.15, 0.2) is 30.6 Å². The maximum Gasteiger partial charge on any atom is 0.273 e. The number of carbonyl (C=O) groups is 2. The number of amides is 2. The minimum Gasteiger partial charge on any atom is -0.348 e. The molecule has 0 bridgehead atoms. The van der Waals surface area contributed by atoms with Crippen molar-refractivity contribution in [3.05, 3.63) is 63.8 Å². The van der Waals surface area contributed by atoms with E-state index in [4.69, 9.17) is 16.6 Å². The number of aryl methyl sites for hydroxylation is 1. The van der Waals surface area contributed by atoms with E-state index >= 15 is 0 Å². The fraction of sp³-hybridized carbons (Fsp3) is 0.444. The quantitative estimate of drug-likeness (QED) is 0.515. The van der Waals surface area contributed by atoms with Crippen molar-refractivity contribution in [1.29, 1.82) is 5.26 Å². The van der Waals surface area contributed by atoms with Crippen molar-refractivity contribution in [2.45, 2.75) is 57.5 Å². The van der Waals surface area contributed by atoms with E-state index in [0.29, 0.717) is 33.7 Å². The Morgan fingerprint density at radius 3 is 2.76 bits per heavy atom. The molecule has 2 amide bonds. The zero-order valence-corrected chi connectivity index (χ0v) is 21.9. The molecule has 0 spiro atoms. The van der Waals surface area contributed by atoms with Gasteiger partial charge >= 0.3 is 0 Å². The van der Waals surface area contributed by atoms with Gasteiger partial charge in [-0.1, -0.05) is 16.8 Å². The molecule has 1 N–H and O–H groups in total. The highest BCUT2D eigenvalue weighted by molar-refractivity contribution is 6.30. The Kier molecular flexibility index (Phi) is 6.11. The van der Waals surface area contributed by atoms with E-state index in [1.54, 1.807) is 34.1 Å². The van der Waals surface area contributed by atoms with Crippen molar-refractivity contribution in [2.24, 2.45) is 11.8 Å². The van der Waals surface area contributed by atoms with Crippen LogP contribution < -0.4 is 10.2 Å². The third-order valence-corrected chi connectivity index (χ3v) is 8.46. The number of nitrogens with one attached hydrogen (secondary N) is 1. The van der Waals surface area contributed by atoms with Gasteiger partial charge in [0, 0.05) is 23.5 Å². The summed E-state index contributed by atoms with van der Waals surface area (Å²) in [5.41, 5.74) is 3.14. The van der Waals surface area contributed by atoms with Crippen molar-refractivity contribution in [3.63, 3.8) is 0 Å². The summed E-state index contributed by atoms with van der Waals surface area (Å²) in [6, 6.07) is 7.19. The summed E-state index contributed by atoms with van der Waals surface area (Å²) in [5.74, 6) is 1.25. The van der Waals surface area contributed by atoms with Crippen LogP contribution >= 0.6 is 11.6 Å². The number of aromatic nitrogens is 5. The summed E-state index contributed by atoms with van der Waals surface area (Å²) in [4.78, 5) is 36.5. The normalized spacial score (nSPS) is 24.7. The maximum absolute atomic E-state index is 12.8. The molecular formula is C27H27ClN8O2. The number of fused-ring (bicyclic) bond motifs is 1. The SMILES string of the molecule is Cc1nc([C@H](C)n2cc(C(=O)NC3CC(c4cc(Cl)ccc4C#N)C3)nn2)cnc1N1C[C@H]2CCC2C1=O. The number of anilines is 1. The Labute approximate surface area is 225 Å². The second-order valence-electron chi connectivity index (χ2n) is 10.5. The van der Waals surface area contributed by atoms with Crippen molar-refractivity contribution in [1.82, 2.24) is 30.3 Å². The highest BCUT2D eigenvalue weighted by Gasteiger charge is 2.47. The molecule has 1 saturated heterocycles. The summed E-state index contributed by atoms with van der Waals surface area (Å²) in [6.45, 7) is 4.49. The molecule has 0 radical (unpaired) electrons. The fourth-order valence-electron chi connectivity index (χ4n) is 5.72. The highest BCUT2D eigenvalue weighted by atomic mass is 35.5. The van der Waals surface area contributed by atoms with Crippen LogP contribution in [0.3, 0.4) is 0 Å². The van der Waals surface area contributed by atoms with Gasteiger partial charge in [0.1, 0.15) is 0 Å². The number of nitriles is 1. The van der Waals surface area contributed by atoms with Crippen LogP contribution in [0.25, 0.3) is 0 Å². The molecule has 3 fully saturated rings. The minimum atomic E-state index is -0.296. The lowest BCUT2D eigenvalue weighted by Gasteiger charge is -2.36. The molecule has 1 aromatic carbocycles. The van der Waals surface area contributed by atoms with Gasteiger partial charge < -0.3 is 5.32 Å². The van der Waals surface area contributed by atoms with E-state index < -0.39 is 0 Å². The first kappa shape index (κ1) is 24.5. The van der Waals surface area contributed by atoms with Crippen LogP contribution in [0, 0.1) is 30.1 Å². The van der Waals surface area contributed by atoms with E-state index in [0.717, 1.165) is 37.8 Å². The molecule has 11 heteroatoms. The zero-order chi connectivity index (χ0) is 26.6. The second kappa shape index (κ2) is 9.48. The van der Waals surface area contributed by atoms with Crippen LogP contribution in [0.1, 0.15) is 77.6 Å². The Balaban J connectivity index is 1.08. The summed E-state index contributed by atoms with van der Waals surface area (Å²) < 4.78 is 1.59. The van der Waals surface area contributed by atoms with Crippen molar-refractivity contribution >= 4 is 29.2 Å². The molecule has 194 valence electrons. The van der Waals surface area contributed by atoms with Gasteiger partial charge in [-0.25, -0.2) is 9.67 Å². The molecule has 10 nitrogen and oxygen atoms in total. The van der Waals surface area contributed by atoms with Gasteiger partial charge in [0.2, 0.25) is 5.91 Å². The number of rotatable bonds is 6. The van der Waals surface area contributed by atoms with E-state index in [1.165, 1.54) is 0 Å². The van der Waals surface area contributed by atoms with Gasteiger partial charge in [0.25, 0.3) is 5.91 Å². The molecule has 3 heterocycles. The lowest BCUT2D eigenvalue weighted by Crippen LogP contribution is -2.43. The molecule has 3 atom stereocenters. The van der Waals surface area contributed by atoms with E-state index in [2.05, 4.69) is 26.7 Å². The van der Waals surface area contributed by atoms with Crippen molar-refractivity contribution < 1.29 is 9.59 Å². The monoisotopic (exact) mass is 530 g/mol. The smallest absolute Gasteiger partial charge is 0.273 e. The van der Waals surface area contributed by atoms with Crippen LogP contribution in [-0.2, 0) is 4.79 Å². The molecule has 2 aliphatic carbocycles. The largest absolute Gasteiger partial charge is 0.348 e. The van der Waals surface area contributed by atoms with Gasteiger partial charge in [0.15, 0.2) is 11.5 Å². The fourth-order valence-corrected chi connectivity index (χ4v) is 5.90. The second-order valence-corrected chi connectivity index (χ2v) is 11.0. The van der Waals surface area contributed by atoms with Crippen molar-refractivity contribution in [2.75, 3.05) is 11.4 Å². The molecular weight excluding hydrogens is 504 g/mol. The summed E-state index contributed by atoms with van der Waals surface area (Å²) in [6.07, 6.45) is 6.80. The first-order valence-corrected chi connectivity index (χ1v) is 13.3. The van der Waals surface area contributed by atoms with E-state index in [1.807, 2.05) is 19.9 Å². The zero-order valence-electron chi connectivity index (χ0n) is 21.1. The first-order valence-electron chi connectivity index (χ1n) is 12.9. The Bertz CT molecular complexity index is 1470. The van der Waals surface area contributed by atoms with Gasteiger partial charge in [-0.15, -0.1) is 5.10 Å². The topological polar surface area (TPSA) is 130 Å². The van der Waals surface area contributed by atoms with Crippen LogP contribution in [0.2, 0.25) is 5.02 Å². The standard InChI is InChI=1S/C27H27ClN8O2/c1-14-25(35-12-17-4-6-21(17)27(35)38)30-11-23(31-14)15(2)36-13-24(33-34-36)26(37)32-20-7-18(8-20)22-9-19(28)5-3-16(22)10-29/h3,5,9,11,13,15,17-18,20-21H,4,6-8,12H2,1-2H3,(H,32,37)/t15-,17+,18?,20?,21?/m0/s1. The number of benzene rings is 1. The molecule has 3 aromatic rings. The number of nitrogens with zero attached hydrogens (tertiary/aromatic N) is 7. The van der Waals surface area contributed by atoms with Gasteiger partial charge in [0.05, 0.1) is 41.5 Å². The number of hydrogen-bond acceptors (Lipinski definition) is 7. The van der Waals surface area contributed by atoms with Crippen molar-refractivity contribution in [3.8, 4) is 6.07 Å². The summed E-state index contributed by atoms with van der Waals surface area (Å²) in [7, 11) is 0. The predicted molar refractivity (Wildman–Crippen MR) is 139 cm³/mol. The highest BCUT2D eigenvalue weighted by Crippen LogP contribution is 2.43. The third kappa shape index (κ3) is 4.21. The first-order chi connectivity index (χ1) is 18.3. The third-order valence-electron chi connectivity index (χ3n) is 8.23. The average molecular weight is 531 g/mol. The predicted octanol–water partition coefficient (Wildman–Crippen LogP) is 3.56. The Morgan fingerprint density at radius 2 is 2.11 bits per heavy atom. The van der Waals surface area contributed by atoms with Crippen LogP contribution in [-0.4, -0.2) is 49.4 Å². The lowest BCUT2D eigenvalue weighted by atomic mass is 9.74. The van der Waals surface area contributed by atoms with E-state index in [-0.39, 0.29) is 41.4 Å². The van der Waals surface area contributed by atoms with Crippen LogP contribution in [0.4, 0.5) is 5.82 Å². The molecule has 2 saturated carbocycles. The van der Waals surface area contributed by atoms with E-state index in [9.17, 15) is 14.9 Å². The molecule has 1 aliphatic heterocycles. The molecule has 6 rings (SSSR count). The number of hydrogen-bond donors (Lipinski definition) is 1. The van der Waals surface area contributed by atoms with Crippen LogP contribution in [0.5, 0.6) is 0 Å². The lowest BCUT2D eigenvalue weighted by molar-refractivity contribution is -0.123.